The number of hydrogen-bond donors (Lipinski definition) is 1. The second-order valence-corrected chi connectivity index (χ2v) is 7.35. The van der Waals surface area contributed by atoms with Gasteiger partial charge in [-0.25, -0.2) is 4.57 Å². The van der Waals surface area contributed by atoms with E-state index in [1.165, 1.54) is 0 Å². The number of hydrogen-bond acceptors (Lipinski definition) is 3. The summed E-state index contributed by atoms with van der Waals surface area (Å²) in [5.74, 6) is 0.687. The van der Waals surface area contributed by atoms with Gasteiger partial charge in [0.2, 0.25) is 0 Å². The van der Waals surface area contributed by atoms with Gasteiger partial charge in [-0.2, -0.15) is 0 Å². The minimum atomic E-state index is -3.89. The van der Waals surface area contributed by atoms with Crippen molar-refractivity contribution in [2.24, 2.45) is 11.8 Å². The highest BCUT2D eigenvalue weighted by molar-refractivity contribution is 7.47. The van der Waals surface area contributed by atoms with E-state index < -0.39 is 7.82 Å². The molecule has 142 valence electrons. The van der Waals surface area contributed by atoms with Crippen molar-refractivity contribution in [1.29, 1.82) is 0 Å². The molecule has 0 bridgehead atoms. The molecule has 0 fully saturated rings. The van der Waals surface area contributed by atoms with E-state index in [0.717, 1.165) is 51.4 Å². The largest absolute Gasteiger partial charge is 0.472 e. The fourth-order valence-corrected chi connectivity index (χ4v) is 3.11. The van der Waals surface area contributed by atoms with Crippen molar-refractivity contribution in [3.63, 3.8) is 0 Å². The van der Waals surface area contributed by atoms with Gasteiger partial charge >= 0.3 is 7.82 Å². The van der Waals surface area contributed by atoms with Crippen LogP contribution in [-0.4, -0.2) is 40.9 Å². The monoisotopic (exact) mass is 370 g/mol. The summed E-state index contributed by atoms with van der Waals surface area (Å²) in [7, 11) is -3.89. The van der Waals surface area contributed by atoms with E-state index in [2.05, 4.69) is 27.7 Å². The minimum absolute atomic E-state index is 0. The molecule has 0 saturated heterocycles. The fraction of sp³-hybridized carbons (Fsp3) is 1.00. The van der Waals surface area contributed by atoms with Crippen LogP contribution in [0.15, 0.2) is 0 Å². The van der Waals surface area contributed by atoms with Gasteiger partial charge in [0.25, 0.3) is 0 Å². The Hall–Kier alpha value is 0.602. The zero-order valence-electron chi connectivity index (χ0n) is 14.8. The Morgan fingerprint density at radius 2 is 1.22 bits per heavy atom. The molecule has 3 N–H and O–H groups in total. The Morgan fingerprint density at radius 3 is 1.48 bits per heavy atom. The molecule has 5 nitrogen and oxygen atoms in total. The van der Waals surface area contributed by atoms with Crippen LogP contribution >= 0.6 is 7.82 Å². The normalized spacial score (nSPS) is 15.9. The number of phosphoric acid groups is 1. The molecule has 0 heterocycles. The predicted octanol–water partition coefficient (Wildman–Crippen LogP) is 3.54. The summed E-state index contributed by atoms with van der Waals surface area (Å²) in [4.78, 5) is 9.77. The van der Waals surface area contributed by atoms with Gasteiger partial charge in [0.1, 0.15) is 0 Å². The van der Waals surface area contributed by atoms with Crippen LogP contribution in [0.4, 0.5) is 0 Å². The molecule has 0 aromatic heterocycles. The lowest BCUT2D eigenvalue weighted by Crippen LogP contribution is -2.12. The van der Waals surface area contributed by atoms with Gasteiger partial charge in [-0.3, -0.25) is 9.05 Å². The van der Waals surface area contributed by atoms with Gasteiger partial charge in [0.05, 0.1) is 13.2 Å². The van der Waals surface area contributed by atoms with Crippen LogP contribution < -0.4 is 0 Å². The maximum atomic E-state index is 11.9. The van der Waals surface area contributed by atoms with Crippen molar-refractivity contribution in [3.05, 3.63) is 0 Å². The lowest BCUT2D eigenvalue weighted by Gasteiger charge is -2.20. The van der Waals surface area contributed by atoms with Gasteiger partial charge in [-0.1, -0.05) is 66.2 Å². The second-order valence-electron chi connectivity index (χ2n) is 5.89. The zero-order chi connectivity index (χ0) is 16.1. The van der Waals surface area contributed by atoms with Crippen molar-refractivity contribution in [1.82, 2.24) is 0 Å². The van der Waals surface area contributed by atoms with E-state index in [4.69, 9.17) is 9.05 Å². The number of phosphoric ester groups is 1. The van der Waals surface area contributed by atoms with Crippen molar-refractivity contribution < 1.29 is 24.0 Å². The molecular formula is C16H40AlO5P. The summed E-state index contributed by atoms with van der Waals surface area (Å²) in [5, 5.41) is 0. The first kappa shape index (κ1) is 28.4. The van der Waals surface area contributed by atoms with E-state index in [1.54, 1.807) is 0 Å². The summed E-state index contributed by atoms with van der Waals surface area (Å²) >= 11 is 0. The first-order valence-corrected chi connectivity index (χ1v) is 10.1. The molecule has 0 radical (unpaired) electrons. The van der Waals surface area contributed by atoms with E-state index >= 15 is 0 Å². The van der Waals surface area contributed by atoms with Crippen LogP contribution in [0.25, 0.3) is 0 Å². The number of unbranched alkanes of at least 4 members (excludes halogenated alkanes) is 2. The Bertz CT molecular complexity index is 268. The average Bonchev–Trinajstić information content (AvgIpc) is 2.47. The Kier molecular flexibility index (Phi) is 21.5. The molecule has 0 aromatic carbocycles. The molecule has 0 saturated carbocycles. The number of rotatable bonds is 14. The standard InChI is InChI=1S/C16H35O4P.Al.H2O.3H/c1-5-9-11-15(7-3)13-19-21(17,18)20-14-16(8-4)12-10-6-2;;;;;/h15-16H,5-14H2,1-4H3,(H,17,18);;1H2;;;. The van der Waals surface area contributed by atoms with Gasteiger partial charge < -0.3 is 10.4 Å². The van der Waals surface area contributed by atoms with E-state index in [-0.39, 0.29) is 22.8 Å². The third-order valence-electron chi connectivity index (χ3n) is 4.03. The first-order valence-electron chi connectivity index (χ1n) is 8.60. The molecule has 0 aromatic rings. The highest BCUT2D eigenvalue weighted by atomic mass is 31.2. The third-order valence-corrected chi connectivity index (χ3v) is 4.98. The summed E-state index contributed by atoms with van der Waals surface area (Å²) < 4.78 is 22.2. The Labute approximate surface area is 153 Å². The van der Waals surface area contributed by atoms with Gasteiger partial charge in [-0.15, -0.1) is 0 Å². The quantitative estimate of drug-likeness (QED) is 0.374. The lowest BCUT2D eigenvalue weighted by molar-refractivity contribution is 0.110. The lowest BCUT2D eigenvalue weighted by atomic mass is 10.0. The molecule has 0 spiro atoms. The molecule has 2 atom stereocenters. The van der Waals surface area contributed by atoms with E-state index in [9.17, 15) is 9.46 Å². The summed E-state index contributed by atoms with van der Waals surface area (Å²) in [5.41, 5.74) is 0. The summed E-state index contributed by atoms with van der Waals surface area (Å²) in [6.45, 7) is 9.10. The second kappa shape index (κ2) is 17.4. The Balaban J connectivity index is -0.00000200. The predicted molar refractivity (Wildman–Crippen MR) is 102 cm³/mol. The van der Waals surface area contributed by atoms with Crippen molar-refractivity contribution in [3.8, 4) is 0 Å². The highest BCUT2D eigenvalue weighted by Crippen LogP contribution is 2.44. The highest BCUT2D eigenvalue weighted by Gasteiger charge is 2.24. The van der Waals surface area contributed by atoms with Crippen LogP contribution in [0.1, 0.15) is 79.1 Å². The van der Waals surface area contributed by atoms with Crippen LogP contribution in [-0.2, 0) is 13.6 Å². The topological polar surface area (TPSA) is 87.3 Å². The molecule has 0 amide bonds. The SMILES string of the molecule is CCCCC(CC)COP(=O)(O)OCC(CC)CCCC.O.[AlH3]. The van der Waals surface area contributed by atoms with Crippen molar-refractivity contribution in [2.45, 2.75) is 79.1 Å². The molecule has 0 rings (SSSR count). The van der Waals surface area contributed by atoms with Gasteiger partial charge in [-0.05, 0) is 24.7 Å². The first-order chi connectivity index (χ1) is 9.99. The minimum Gasteiger partial charge on any atom is -0.412 e. The molecule has 23 heavy (non-hydrogen) atoms. The van der Waals surface area contributed by atoms with E-state index in [0.29, 0.717) is 25.0 Å². The molecule has 0 aliphatic heterocycles. The fourth-order valence-electron chi connectivity index (χ4n) is 2.23. The Morgan fingerprint density at radius 1 is 0.870 bits per heavy atom. The van der Waals surface area contributed by atoms with Crippen molar-refractivity contribution >= 4 is 25.2 Å². The summed E-state index contributed by atoms with van der Waals surface area (Å²) in [6.07, 6.45) is 8.56. The van der Waals surface area contributed by atoms with Crippen LogP contribution in [0, 0.1) is 11.8 Å². The molecule has 0 aliphatic rings. The van der Waals surface area contributed by atoms with Crippen LogP contribution in [0.3, 0.4) is 0 Å². The summed E-state index contributed by atoms with van der Waals surface area (Å²) in [6, 6.07) is 0. The molecular weight excluding hydrogens is 330 g/mol. The average molecular weight is 370 g/mol. The van der Waals surface area contributed by atoms with Gasteiger partial charge in [0.15, 0.2) is 17.4 Å². The van der Waals surface area contributed by atoms with Crippen molar-refractivity contribution in [2.75, 3.05) is 13.2 Å². The molecule has 7 heteroatoms. The zero-order valence-corrected chi connectivity index (χ0v) is 15.7. The van der Waals surface area contributed by atoms with Gasteiger partial charge in [0, 0.05) is 0 Å². The van der Waals surface area contributed by atoms with Crippen LogP contribution in [0.5, 0.6) is 0 Å². The maximum absolute atomic E-state index is 11.9. The smallest absolute Gasteiger partial charge is 0.412 e. The van der Waals surface area contributed by atoms with E-state index in [1.807, 2.05) is 0 Å². The molecule has 0 aliphatic carbocycles. The molecule has 2 unspecified atom stereocenters. The third kappa shape index (κ3) is 15.9. The van der Waals surface area contributed by atoms with Crippen LogP contribution in [0.2, 0.25) is 0 Å². The maximum Gasteiger partial charge on any atom is 0.472 e.